The van der Waals surface area contributed by atoms with Crippen LogP contribution in [0.15, 0.2) is 0 Å². The monoisotopic (exact) mass is 220 g/mol. The number of nitrogens with two attached hydrogens (primary N) is 1. The van der Waals surface area contributed by atoms with Crippen molar-refractivity contribution >= 4 is 5.95 Å². The van der Waals surface area contributed by atoms with Gasteiger partial charge in [-0.1, -0.05) is 0 Å². The number of aromatic nitrogens is 2. The summed E-state index contributed by atoms with van der Waals surface area (Å²) in [5, 5.41) is 3.19. The van der Waals surface area contributed by atoms with Gasteiger partial charge in [0.2, 0.25) is 5.95 Å². The van der Waals surface area contributed by atoms with E-state index in [4.69, 9.17) is 5.73 Å². The zero-order valence-corrected chi connectivity index (χ0v) is 10.1. The number of nitrogens with one attached hydrogen (secondary N) is 1. The second-order valence-corrected chi connectivity index (χ2v) is 4.62. The topological polar surface area (TPSA) is 63.8 Å². The van der Waals surface area contributed by atoms with E-state index in [0.717, 1.165) is 31.0 Å². The third-order valence-corrected chi connectivity index (χ3v) is 2.97. The number of hydrogen-bond donors (Lipinski definition) is 2. The van der Waals surface area contributed by atoms with Crippen molar-refractivity contribution in [2.45, 2.75) is 45.6 Å². The summed E-state index contributed by atoms with van der Waals surface area (Å²) in [6.45, 7) is 4.76. The number of hydrogen-bond acceptors (Lipinski definition) is 4. The summed E-state index contributed by atoms with van der Waals surface area (Å²) in [7, 11) is 0. The average molecular weight is 220 g/mol. The van der Waals surface area contributed by atoms with Gasteiger partial charge in [-0.05, 0) is 45.1 Å². The minimum Gasteiger partial charge on any atom is -0.353 e. The van der Waals surface area contributed by atoms with Gasteiger partial charge in [-0.15, -0.1) is 0 Å². The van der Waals surface area contributed by atoms with Crippen LogP contribution in [-0.4, -0.2) is 22.6 Å². The first-order valence-electron chi connectivity index (χ1n) is 6.02. The molecule has 0 amide bonds. The first kappa shape index (κ1) is 11.3. The molecule has 0 aromatic carbocycles. The summed E-state index contributed by atoms with van der Waals surface area (Å²) in [6, 6.07) is 0.125. The van der Waals surface area contributed by atoms with Gasteiger partial charge in [-0.2, -0.15) is 0 Å². The summed E-state index contributed by atoms with van der Waals surface area (Å²) in [6.07, 6.45) is 4.74. The highest BCUT2D eigenvalue weighted by Crippen LogP contribution is 2.22. The van der Waals surface area contributed by atoms with E-state index in [0.29, 0.717) is 0 Å². The van der Waals surface area contributed by atoms with Gasteiger partial charge < -0.3 is 11.1 Å². The minimum absolute atomic E-state index is 0.125. The molecule has 0 fully saturated rings. The van der Waals surface area contributed by atoms with Crippen LogP contribution in [0.2, 0.25) is 0 Å². The molecule has 2 rings (SSSR count). The summed E-state index contributed by atoms with van der Waals surface area (Å²) in [5.41, 5.74) is 9.41. The lowest BCUT2D eigenvalue weighted by Crippen LogP contribution is -2.26. The zero-order valence-electron chi connectivity index (χ0n) is 10.1. The summed E-state index contributed by atoms with van der Waals surface area (Å²) >= 11 is 0. The fraction of sp³-hybridized carbons (Fsp3) is 0.667. The average Bonchev–Trinajstić information content (AvgIpc) is 2.26. The Morgan fingerprint density at radius 2 is 2.06 bits per heavy atom. The van der Waals surface area contributed by atoms with Crippen LogP contribution in [0.1, 0.15) is 36.7 Å². The molecule has 0 radical (unpaired) electrons. The van der Waals surface area contributed by atoms with E-state index in [-0.39, 0.29) is 6.04 Å². The molecule has 1 aliphatic rings. The van der Waals surface area contributed by atoms with E-state index < -0.39 is 0 Å². The van der Waals surface area contributed by atoms with Gasteiger partial charge in [-0.25, -0.2) is 9.97 Å². The predicted octanol–water partition coefficient (Wildman–Crippen LogP) is 1.42. The second kappa shape index (κ2) is 4.78. The van der Waals surface area contributed by atoms with Crippen LogP contribution in [0.5, 0.6) is 0 Å². The van der Waals surface area contributed by atoms with Crippen LogP contribution in [-0.2, 0) is 12.8 Å². The van der Waals surface area contributed by atoms with E-state index in [9.17, 15) is 0 Å². The van der Waals surface area contributed by atoms with E-state index in [1.54, 1.807) is 0 Å². The highest BCUT2D eigenvalue weighted by molar-refractivity contribution is 5.35. The molecule has 1 unspecified atom stereocenters. The lowest BCUT2D eigenvalue weighted by Gasteiger charge is -2.18. The van der Waals surface area contributed by atoms with Crippen molar-refractivity contribution in [3.05, 3.63) is 17.0 Å². The minimum atomic E-state index is 0.125. The molecule has 3 N–H and O–H groups in total. The Hall–Kier alpha value is -1.16. The normalized spacial score (nSPS) is 16.7. The van der Waals surface area contributed by atoms with E-state index >= 15 is 0 Å². The Kier molecular flexibility index (Phi) is 3.39. The number of aryl methyl sites for hydroxylation is 2. The van der Waals surface area contributed by atoms with Gasteiger partial charge in [0.25, 0.3) is 0 Å². The predicted molar refractivity (Wildman–Crippen MR) is 65.6 cm³/mol. The third-order valence-electron chi connectivity index (χ3n) is 2.97. The molecule has 1 atom stereocenters. The number of rotatable bonds is 3. The van der Waals surface area contributed by atoms with Crippen molar-refractivity contribution in [2.24, 2.45) is 5.73 Å². The van der Waals surface area contributed by atoms with Gasteiger partial charge in [0.15, 0.2) is 0 Å². The molecule has 4 heteroatoms. The molecule has 16 heavy (non-hydrogen) atoms. The van der Waals surface area contributed by atoms with Crippen molar-refractivity contribution in [2.75, 3.05) is 11.9 Å². The SMILES string of the molecule is Cc1nc(NCC(C)N)nc2c1CCCC2. The zero-order chi connectivity index (χ0) is 11.5. The fourth-order valence-electron chi connectivity index (χ4n) is 2.11. The van der Waals surface area contributed by atoms with Crippen molar-refractivity contribution in [3.8, 4) is 0 Å². The van der Waals surface area contributed by atoms with Crippen LogP contribution in [0, 0.1) is 6.92 Å². The number of anilines is 1. The van der Waals surface area contributed by atoms with Crippen LogP contribution in [0.4, 0.5) is 5.95 Å². The highest BCUT2D eigenvalue weighted by atomic mass is 15.1. The maximum atomic E-state index is 5.70. The largest absolute Gasteiger partial charge is 0.353 e. The molecule has 88 valence electrons. The highest BCUT2D eigenvalue weighted by Gasteiger charge is 2.15. The summed E-state index contributed by atoms with van der Waals surface area (Å²) in [4.78, 5) is 9.05. The Bertz CT molecular complexity index is 374. The first-order valence-corrected chi connectivity index (χ1v) is 6.02. The Labute approximate surface area is 96.7 Å². The Morgan fingerprint density at radius 1 is 1.31 bits per heavy atom. The van der Waals surface area contributed by atoms with Crippen molar-refractivity contribution in [1.82, 2.24) is 9.97 Å². The molecule has 0 saturated heterocycles. The van der Waals surface area contributed by atoms with E-state index in [1.165, 1.54) is 24.1 Å². The van der Waals surface area contributed by atoms with Crippen LogP contribution < -0.4 is 11.1 Å². The molecule has 4 nitrogen and oxygen atoms in total. The van der Waals surface area contributed by atoms with E-state index in [2.05, 4.69) is 22.2 Å². The van der Waals surface area contributed by atoms with Crippen molar-refractivity contribution in [3.63, 3.8) is 0 Å². The smallest absolute Gasteiger partial charge is 0.223 e. The molecule has 0 spiro atoms. The summed E-state index contributed by atoms with van der Waals surface area (Å²) in [5.74, 6) is 0.732. The lowest BCUT2D eigenvalue weighted by atomic mass is 9.95. The molecule has 1 aromatic heterocycles. The van der Waals surface area contributed by atoms with Crippen LogP contribution in [0.3, 0.4) is 0 Å². The summed E-state index contributed by atoms with van der Waals surface area (Å²) < 4.78 is 0. The van der Waals surface area contributed by atoms with E-state index in [1.807, 2.05) is 6.92 Å². The Balaban J connectivity index is 2.18. The number of nitrogens with zero attached hydrogens (tertiary/aromatic N) is 2. The van der Waals surface area contributed by atoms with Crippen molar-refractivity contribution in [1.29, 1.82) is 0 Å². The molecular formula is C12H20N4. The molecule has 1 heterocycles. The first-order chi connectivity index (χ1) is 7.66. The van der Waals surface area contributed by atoms with Gasteiger partial charge in [0, 0.05) is 24.0 Å². The maximum absolute atomic E-state index is 5.70. The molecule has 0 saturated carbocycles. The molecule has 0 aliphatic heterocycles. The van der Waals surface area contributed by atoms with Gasteiger partial charge in [-0.3, -0.25) is 0 Å². The Morgan fingerprint density at radius 3 is 2.81 bits per heavy atom. The fourth-order valence-corrected chi connectivity index (χ4v) is 2.11. The van der Waals surface area contributed by atoms with Gasteiger partial charge in [0.1, 0.15) is 0 Å². The van der Waals surface area contributed by atoms with Gasteiger partial charge >= 0.3 is 0 Å². The maximum Gasteiger partial charge on any atom is 0.223 e. The molecular weight excluding hydrogens is 200 g/mol. The van der Waals surface area contributed by atoms with Crippen LogP contribution >= 0.6 is 0 Å². The van der Waals surface area contributed by atoms with Gasteiger partial charge in [0.05, 0.1) is 0 Å². The molecule has 0 bridgehead atoms. The molecule has 1 aliphatic carbocycles. The number of fused-ring (bicyclic) bond motifs is 1. The molecule has 1 aromatic rings. The lowest BCUT2D eigenvalue weighted by molar-refractivity contribution is 0.656. The second-order valence-electron chi connectivity index (χ2n) is 4.62. The standard InChI is InChI=1S/C12H20N4/c1-8(13)7-14-12-15-9(2)10-5-3-4-6-11(10)16-12/h8H,3-7,13H2,1-2H3,(H,14,15,16). The third kappa shape index (κ3) is 2.50. The van der Waals surface area contributed by atoms with Crippen molar-refractivity contribution < 1.29 is 0 Å². The van der Waals surface area contributed by atoms with Crippen LogP contribution in [0.25, 0.3) is 0 Å². The quantitative estimate of drug-likeness (QED) is 0.808.